The molecule has 2 aromatic rings. The van der Waals surface area contributed by atoms with Crippen LogP contribution >= 0.6 is 11.3 Å². The first-order valence-electron chi connectivity index (χ1n) is 8.79. The number of urea groups is 1. The number of carbonyl (C=O) groups is 1. The predicted octanol–water partition coefficient (Wildman–Crippen LogP) is 2.94. The van der Waals surface area contributed by atoms with Crippen LogP contribution in [0.15, 0.2) is 21.9 Å². The van der Waals surface area contributed by atoms with Gasteiger partial charge in [0.15, 0.2) is 0 Å². The molecular weight excluding hydrogens is 338 g/mol. The quantitative estimate of drug-likeness (QED) is 0.817. The zero-order chi connectivity index (χ0) is 17.8. The van der Waals surface area contributed by atoms with Crippen molar-refractivity contribution >= 4 is 17.4 Å². The topological polar surface area (TPSA) is 65.7 Å². The summed E-state index contributed by atoms with van der Waals surface area (Å²) in [6.45, 7) is 10.7. The van der Waals surface area contributed by atoms with E-state index in [1.165, 1.54) is 0 Å². The second-order valence-electron chi connectivity index (χ2n) is 6.08. The van der Waals surface area contributed by atoms with Crippen LogP contribution in [0.25, 0.3) is 10.8 Å². The van der Waals surface area contributed by atoms with Gasteiger partial charge in [0, 0.05) is 39.3 Å². The lowest BCUT2D eigenvalue weighted by atomic mass is 10.2. The molecule has 1 fully saturated rings. The molecule has 0 radical (unpaired) electrons. The van der Waals surface area contributed by atoms with Crippen LogP contribution < -0.4 is 0 Å². The minimum atomic E-state index is 0.0481. The fraction of sp³-hybridized carbons (Fsp3) is 0.588. The minimum Gasteiger partial charge on any atom is -0.418 e. The molecule has 2 amide bonds. The standard InChI is InChI=1S/C17H25N5O2S/c1-4-20(5-2)17(23)22-10-8-21(9-11-22)13(3)15-18-19-16(24-15)14-7-6-12-25-14/h6-7,12-13H,4-5,8-11H2,1-3H3. The monoisotopic (exact) mass is 363 g/mol. The van der Waals surface area contributed by atoms with E-state index < -0.39 is 0 Å². The van der Waals surface area contributed by atoms with Crippen molar-refractivity contribution in [2.45, 2.75) is 26.8 Å². The van der Waals surface area contributed by atoms with Gasteiger partial charge in [0.2, 0.25) is 5.89 Å². The van der Waals surface area contributed by atoms with Gasteiger partial charge < -0.3 is 14.2 Å². The van der Waals surface area contributed by atoms with Crippen molar-refractivity contribution in [3.8, 4) is 10.8 Å². The summed E-state index contributed by atoms with van der Waals surface area (Å²) in [7, 11) is 0. The highest BCUT2D eigenvalue weighted by Crippen LogP contribution is 2.27. The van der Waals surface area contributed by atoms with Crippen LogP contribution in [0, 0.1) is 0 Å². The van der Waals surface area contributed by atoms with Gasteiger partial charge in [-0.1, -0.05) is 6.07 Å². The Morgan fingerprint density at radius 2 is 2.00 bits per heavy atom. The lowest BCUT2D eigenvalue weighted by Crippen LogP contribution is -2.53. The second-order valence-corrected chi connectivity index (χ2v) is 7.02. The zero-order valence-electron chi connectivity index (χ0n) is 15.0. The Morgan fingerprint density at radius 1 is 1.28 bits per heavy atom. The number of piperazine rings is 1. The third-order valence-electron chi connectivity index (χ3n) is 4.70. The Balaban J connectivity index is 1.58. The van der Waals surface area contributed by atoms with E-state index in [0.717, 1.165) is 44.1 Å². The molecule has 136 valence electrons. The first kappa shape index (κ1) is 17.9. The van der Waals surface area contributed by atoms with Crippen LogP contribution in [-0.2, 0) is 0 Å². The van der Waals surface area contributed by atoms with Crippen molar-refractivity contribution in [2.75, 3.05) is 39.3 Å². The third kappa shape index (κ3) is 3.85. The van der Waals surface area contributed by atoms with Gasteiger partial charge in [0.05, 0.1) is 10.9 Å². The average Bonchev–Trinajstić information content (AvgIpc) is 3.33. The molecule has 3 rings (SSSR count). The molecule has 1 atom stereocenters. The van der Waals surface area contributed by atoms with E-state index in [1.54, 1.807) is 11.3 Å². The van der Waals surface area contributed by atoms with Crippen molar-refractivity contribution in [1.82, 2.24) is 24.9 Å². The molecule has 0 N–H and O–H groups in total. The Bertz CT molecular complexity index is 675. The molecule has 3 heterocycles. The van der Waals surface area contributed by atoms with E-state index in [-0.39, 0.29) is 12.1 Å². The minimum absolute atomic E-state index is 0.0481. The molecule has 25 heavy (non-hydrogen) atoms. The lowest BCUT2D eigenvalue weighted by Gasteiger charge is -2.38. The van der Waals surface area contributed by atoms with E-state index in [9.17, 15) is 4.79 Å². The summed E-state index contributed by atoms with van der Waals surface area (Å²) >= 11 is 1.59. The van der Waals surface area contributed by atoms with E-state index in [2.05, 4.69) is 22.0 Å². The van der Waals surface area contributed by atoms with Crippen LogP contribution in [-0.4, -0.2) is 70.2 Å². The van der Waals surface area contributed by atoms with Gasteiger partial charge in [0.25, 0.3) is 5.89 Å². The Hall–Kier alpha value is -1.93. The molecule has 1 unspecified atom stereocenters. The number of carbonyl (C=O) groups excluding carboxylic acids is 1. The third-order valence-corrected chi connectivity index (χ3v) is 5.55. The molecule has 7 nitrogen and oxygen atoms in total. The molecule has 0 spiro atoms. The second kappa shape index (κ2) is 7.97. The number of amides is 2. The number of hydrogen-bond donors (Lipinski definition) is 0. The van der Waals surface area contributed by atoms with Crippen molar-refractivity contribution in [2.24, 2.45) is 0 Å². The maximum absolute atomic E-state index is 12.4. The van der Waals surface area contributed by atoms with Gasteiger partial charge in [-0.3, -0.25) is 4.90 Å². The number of aromatic nitrogens is 2. The number of rotatable bonds is 5. The van der Waals surface area contributed by atoms with Gasteiger partial charge in [0.1, 0.15) is 0 Å². The molecule has 0 bridgehead atoms. The fourth-order valence-corrected chi connectivity index (χ4v) is 3.70. The number of nitrogens with zero attached hydrogens (tertiary/aromatic N) is 5. The summed E-state index contributed by atoms with van der Waals surface area (Å²) in [5.41, 5.74) is 0. The highest BCUT2D eigenvalue weighted by Gasteiger charge is 2.29. The Morgan fingerprint density at radius 3 is 2.60 bits per heavy atom. The van der Waals surface area contributed by atoms with Crippen molar-refractivity contribution in [1.29, 1.82) is 0 Å². The van der Waals surface area contributed by atoms with Crippen LogP contribution in [0.2, 0.25) is 0 Å². The van der Waals surface area contributed by atoms with Crippen LogP contribution in [0.5, 0.6) is 0 Å². The van der Waals surface area contributed by atoms with E-state index in [1.807, 2.05) is 41.2 Å². The van der Waals surface area contributed by atoms with Crippen LogP contribution in [0.1, 0.15) is 32.7 Å². The van der Waals surface area contributed by atoms with Gasteiger partial charge >= 0.3 is 6.03 Å². The molecule has 1 saturated heterocycles. The van der Waals surface area contributed by atoms with Gasteiger partial charge in [-0.2, -0.15) is 0 Å². The van der Waals surface area contributed by atoms with Gasteiger partial charge in [-0.25, -0.2) is 4.79 Å². The molecular formula is C17H25N5O2S. The molecule has 0 aromatic carbocycles. The SMILES string of the molecule is CCN(CC)C(=O)N1CCN(C(C)c2nnc(-c3cccs3)o2)CC1. The molecule has 8 heteroatoms. The van der Waals surface area contributed by atoms with Gasteiger partial charge in [-0.05, 0) is 32.2 Å². The molecule has 0 saturated carbocycles. The van der Waals surface area contributed by atoms with Crippen LogP contribution in [0.3, 0.4) is 0 Å². The van der Waals surface area contributed by atoms with E-state index >= 15 is 0 Å². The maximum atomic E-state index is 12.4. The fourth-order valence-electron chi connectivity index (χ4n) is 3.05. The maximum Gasteiger partial charge on any atom is 0.320 e. The first-order chi connectivity index (χ1) is 12.1. The highest BCUT2D eigenvalue weighted by atomic mass is 32.1. The molecule has 1 aliphatic rings. The zero-order valence-corrected chi connectivity index (χ0v) is 15.8. The highest BCUT2D eigenvalue weighted by molar-refractivity contribution is 7.13. The predicted molar refractivity (Wildman–Crippen MR) is 97.5 cm³/mol. The number of hydrogen-bond acceptors (Lipinski definition) is 6. The molecule has 2 aromatic heterocycles. The Labute approximate surface area is 152 Å². The van der Waals surface area contributed by atoms with Crippen molar-refractivity contribution in [3.05, 3.63) is 23.4 Å². The van der Waals surface area contributed by atoms with E-state index in [0.29, 0.717) is 11.8 Å². The van der Waals surface area contributed by atoms with Crippen LogP contribution in [0.4, 0.5) is 4.79 Å². The summed E-state index contributed by atoms with van der Waals surface area (Å²) < 4.78 is 5.85. The number of thiophene rings is 1. The summed E-state index contributed by atoms with van der Waals surface area (Å²) in [6, 6.07) is 4.13. The molecule has 0 aliphatic carbocycles. The summed E-state index contributed by atoms with van der Waals surface area (Å²) in [6.07, 6.45) is 0. The van der Waals surface area contributed by atoms with E-state index in [4.69, 9.17) is 4.42 Å². The largest absolute Gasteiger partial charge is 0.418 e. The molecule has 1 aliphatic heterocycles. The normalized spacial score (nSPS) is 16.8. The summed E-state index contributed by atoms with van der Waals surface area (Å²) in [5, 5.41) is 10.4. The summed E-state index contributed by atoms with van der Waals surface area (Å²) in [4.78, 5) is 19.5. The Kier molecular flexibility index (Phi) is 5.70. The van der Waals surface area contributed by atoms with Crippen molar-refractivity contribution in [3.63, 3.8) is 0 Å². The smallest absolute Gasteiger partial charge is 0.320 e. The lowest BCUT2D eigenvalue weighted by molar-refractivity contribution is 0.0891. The average molecular weight is 363 g/mol. The van der Waals surface area contributed by atoms with Crippen molar-refractivity contribution < 1.29 is 9.21 Å². The summed E-state index contributed by atoms with van der Waals surface area (Å²) in [5.74, 6) is 1.21. The first-order valence-corrected chi connectivity index (χ1v) is 9.67. The van der Waals surface area contributed by atoms with Gasteiger partial charge in [-0.15, -0.1) is 21.5 Å².